The largest absolute Gasteiger partial charge is 0.455 e. The number of aromatic amines is 1. The fourth-order valence-electron chi connectivity index (χ4n) is 1.09. The van der Waals surface area contributed by atoms with Crippen LogP contribution in [0.15, 0.2) is 29.6 Å². The number of H-pyrrole nitrogens is 1. The van der Waals surface area contributed by atoms with Crippen molar-refractivity contribution < 1.29 is 9.53 Å². The molecule has 1 heterocycles. The highest BCUT2D eigenvalue weighted by molar-refractivity contribution is 5.89. The molecule has 1 atom stereocenters. The summed E-state index contributed by atoms with van der Waals surface area (Å²) in [5.41, 5.74) is 0.568. The first kappa shape index (κ1) is 11.2. The van der Waals surface area contributed by atoms with Crippen molar-refractivity contribution in [3.05, 3.63) is 46.4 Å². The van der Waals surface area contributed by atoms with Crippen LogP contribution < -0.4 is 5.56 Å². The first-order chi connectivity index (χ1) is 7.02. The Labute approximate surface area is 87.6 Å². The minimum Gasteiger partial charge on any atom is -0.455 e. The number of aryl methyl sites for hydroxylation is 1. The molecular formula is C11H13NO3. The summed E-state index contributed by atoms with van der Waals surface area (Å²) in [6.07, 6.45) is 1.15. The van der Waals surface area contributed by atoms with Gasteiger partial charge in [-0.25, -0.2) is 4.79 Å². The van der Waals surface area contributed by atoms with Crippen LogP contribution in [0.5, 0.6) is 0 Å². The van der Waals surface area contributed by atoms with Crippen LogP contribution >= 0.6 is 0 Å². The van der Waals surface area contributed by atoms with E-state index in [2.05, 4.69) is 11.6 Å². The molecule has 0 aliphatic carbocycles. The lowest BCUT2D eigenvalue weighted by Gasteiger charge is -2.08. The van der Waals surface area contributed by atoms with Crippen molar-refractivity contribution in [3.63, 3.8) is 0 Å². The Bertz CT molecular complexity index is 434. The summed E-state index contributed by atoms with van der Waals surface area (Å²) < 4.78 is 4.99. The highest BCUT2D eigenvalue weighted by atomic mass is 16.5. The smallest absolute Gasteiger partial charge is 0.338 e. The summed E-state index contributed by atoms with van der Waals surface area (Å²) in [5, 5.41) is 0. The van der Waals surface area contributed by atoms with Crippen molar-refractivity contribution in [3.8, 4) is 0 Å². The van der Waals surface area contributed by atoms with E-state index >= 15 is 0 Å². The molecule has 4 heteroatoms. The molecule has 0 spiro atoms. The zero-order chi connectivity index (χ0) is 11.4. The Balaban J connectivity index is 2.91. The van der Waals surface area contributed by atoms with E-state index in [1.165, 1.54) is 12.1 Å². The molecule has 1 aromatic heterocycles. The third-order valence-corrected chi connectivity index (χ3v) is 1.84. The topological polar surface area (TPSA) is 59.2 Å². The number of carbonyl (C=O) groups is 1. The van der Waals surface area contributed by atoms with Gasteiger partial charge in [-0.2, -0.15) is 0 Å². The monoisotopic (exact) mass is 207 g/mol. The number of pyridine rings is 1. The molecule has 4 nitrogen and oxygen atoms in total. The van der Waals surface area contributed by atoms with Crippen LogP contribution in [0, 0.1) is 6.92 Å². The molecule has 0 aliphatic heterocycles. The second-order valence-corrected chi connectivity index (χ2v) is 3.26. The normalized spacial score (nSPS) is 11.9. The molecule has 0 radical (unpaired) electrons. The predicted molar refractivity (Wildman–Crippen MR) is 56.9 cm³/mol. The SMILES string of the molecule is C=C[C@H](C)OC(=O)c1cc(C)[nH]c(=O)c1. The quantitative estimate of drug-likeness (QED) is 0.602. The molecule has 0 aliphatic rings. The van der Waals surface area contributed by atoms with Gasteiger partial charge >= 0.3 is 5.97 Å². The third-order valence-electron chi connectivity index (χ3n) is 1.84. The number of nitrogens with one attached hydrogen (secondary N) is 1. The minimum atomic E-state index is -0.517. The number of rotatable bonds is 3. The Hall–Kier alpha value is -1.84. The zero-order valence-electron chi connectivity index (χ0n) is 8.74. The van der Waals surface area contributed by atoms with Crippen LogP contribution in [0.1, 0.15) is 23.0 Å². The fraction of sp³-hybridized carbons (Fsp3) is 0.273. The summed E-state index contributed by atoms with van der Waals surface area (Å²) in [5.74, 6) is -0.517. The van der Waals surface area contributed by atoms with Crippen LogP contribution in [0.4, 0.5) is 0 Å². The second-order valence-electron chi connectivity index (χ2n) is 3.26. The maximum atomic E-state index is 11.5. The van der Waals surface area contributed by atoms with E-state index < -0.39 is 5.97 Å². The lowest BCUT2D eigenvalue weighted by molar-refractivity contribution is 0.0424. The van der Waals surface area contributed by atoms with Gasteiger partial charge in [-0.3, -0.25) is 4.79 Å². The molecule has 0 bridgehead atoms. The Kier molecular flexibility index (Phi) is 3.44. The van der Waals surface area contributed by atoms with Gasteiger partial charge in [-0.1, -0.05) is 12.7 Å². The zero-order valence-corrected chi connectivity index (χ0v) is 8.74. The number of aromatic nitrogens is 1. The average Bonchev–Trinajstić information content (AvgIpc) is 2.16. The van der Waals surface area contributed by atoms with E-state index in [4.69, 9.17) is 4.74 Å². The molecule has 1 N–H and O–H groups in total. The number of hydrogen-bond acceptors (Lipinski definition) is 3. The molecule has 1 aromatic rings. The average molecular weight is 207 g/mol. The van der Waals surface area contributed by atoms with Gasteiger partial charge in [0, 0.05) is 11.8 Å². The number of ether oxygens (including phenoxy) is 1. The van der Waals surface area contributed by atoms with E-state index in [-0.39, 0.29) is 17.2 Å². The molecule has 0 amide bonds. The van der Waals surface area contributed by atoms with Gasteiger partial charge in [0.2, 0.25) is 5.56 Å². The molecule has 0 saturated carbocycles. The van der Waals surface area contributed by atoms with Crippen molar-refractivity contribution in [2.24, 2.45) is 0 Å². The molecule has 80 valence electrons. The lowest BCUT2D eigenvalue weighted by atomic mass is 10.2. The Morgan fingerprint density at radius 1 is 1.60 bits per heavy atom. The molecule has 0 unspecified atom stereocenters. The van der Waals surface area contributed by atoms with Gasteiger partial charge in [-0.15, -0.1) is 0 Å². The predicted octanol–water partition coefficient (Wildman–Crippen LogP) is 1.41. The Morgan fingerprint density at radius 2 is 2.27 bits per heavy atom. The van der Waals surface area contributed by atoms with E-state index in [1.807, 2.05) is 0 Å². The van der Waals surface area contributed by atoms with Crippen LogP contribution in [0.2, 0.25) is 0 Å². The highest BCUT2D eigenvalue weighted by Crippen LogP contribution is 2.03. The fourth-order valence-corrected chi connectivity index (χ4v) is 1.09. The summed E-state index contributed by atoms with van der Waals surface area (Å²) in [6.45, 7) is 6.90. The lowest BCUT2D eigenvalue weighted by Crippen LogP contribution is -2.16. The number of carbonyl (C=O) groups excluding carboxylic acids is 1. The summed E-state index contributed by atoms with van der Waals surface area (Å²) in [7, 11) is 0. The van der Waals surface area contributed by atoms with Crippen LogP contribution in [-0.4, -0.2) is 17.1 Å². The van der Waals surface area contributed by atoms with Crippen LogP contribution in [-0.2, 0) is 4.74 Å². The van der Waals surface area contributed by atoms with Gasteiger partial charge in [0.05, 0.1) is 5.56 Å². The van der Waals surface area contributed by atoms with Crippen molar-refractivity contribution >= 4 is 5.97 Å². The van der Waals surface area contributed by atoms with Gasteiger partial charge in [-0.05, 0) is 19.9 Å². The molecular weight excluding hydrogens is 194 g/mol. The standard InChI is InChI=1S/C11H13NO3/c1-4-8(3)15-11(14)9-5-7(2)12-10(13)6-9/h4-6,8H,1H2,2-3H3,(H,12,13)/t8-/m0/s1. The summed E-state index contributed by atoms with van der Waals surface area (Å²) in [4.78, 5) is 25.1. The van der Waals surface area contributed by atoms with Gasteiger partial charge < -0.3 is 9.72 Å². The molecule has 15 heavy (non-hydrogen) atoms. The summed E-state index contributed by atoms with van der Waals surface area (Å²) in [6, 6.07) is 2.78. The second kappa shape index (κ2) is 4.59. The van der Waals surface area contributed by atoms with E-state index in [0.29, 0.717) is 5.69 Å². The van der Waals surface area contributed by atoms with Crippen LogP contribution in [0.25, 0.3) is 0 Å². The Morgan fingerprint density at radius 3 is 2.80 bits per heavy atom. The van der Waals surface area contributed by atoms with Crippen molar-refractivity contribution in [2.45, 2.75) is 20.0 Å². The molecule has 0 aromatic carbocycles. The third kappa shape index (κ3) is 3.09. The van der Waals surface area contributed by atoms with E-state index in [0.717, 1.165) is 0 Å². The summed E-state index contributed by atoms with van der Waals surface area (Å²) >= 11 is 0. The molecule has 0 saturated heterocycles. The maximum absolute atomic E-state index is 11.5. The number of esters is 1. The maximum Gasteiger partial charge on any atom is 0.338 e. The highest BCUT2D eigenvalue weighted by Gasteiger charge is 2.10. The van der Waals surface area contributed by atoms with E-state index in [1.54, 1.807) is 19.9 Å². The van der Waals surface area contributed by atoms with Gasteiger partial charge in [0.25, 0.3) is 0 Å². The van der Waals surface area contributed by atoms with Gasteiger partial charge in [0.1, 0.15) is 6.10 Å². The minimum absolute atomic E-state index is 0.255. The van der Waals surface area contributed by atoms with E-state index in [9.17, 15) is 9.59 Å². The van der Waals surface area contributed by atoms with Crippen molar-refractivity contribution in [2.75, 3.05) is 0 Å². The van der Waals surface area contributed by atoms with Gasteiger partial charge in [0.15, 0.2) is 0 Å². The number of hydrogen-bond donors (Lipinski definition) is 1. The van der Waals surface area contributed by atoms with Crippen molar-refractivity contribution in [1.29, 1.82) is 0 Å². The van der Waals surface area contributed by atoms with Crippen LogP contribution in [0.3, 0.4) is 0 Å². The van der Waals surface area contributed by atoms with Crippen molar-refractivity contribution in [1.82, 2.24) is 4.98 Å². The first-order valence-electron chi connectivity index (χ1n) is 4.57. The molecule has 0 fully saturated rings. The first-order valence-corrected chi connectivity index (χ1v) is 4.57. The molecule has 1 rings (SSSR count).